The molecule has 20 heavy (non-hydrogen) atoms. The van der Waals surface area contributed by atoms with Crippen LogP contribution < -0.4 is 10.6 Å². The summed E-state index contributed by atoms with van der Waals surface area (Å²) >= 11 is 1.68. The standard InChI is InChI=1S/C15H22N2OS.ClH/c1-15(8-3-9-16-10-15)11-17-14(18)12-4-6-13(19-2)7-5-12;/h4-7,16H,3,8-11H2,1-2H3,(H,17,18);1H. The van der Waals surface area contributed by atoms with Gasteiger partial charge in [-0.1, -0.05) is 6.92 Å². The van der Waals surface area contributed by atoms with Crippen LogP contribution in [-0.4, -0.2) is 31.8 Å². The Hall–Kier alpha value is -0.710. The highest BCUT2D eigenvalue weighted by Crippen LogP contribution is 2.24. The van der Waals surface area contributed by atoms with Crippen LogP contribution in [0.5, 0.6) is 0 Å². The van der Waals surface area contributed by atoms with Gasteiger partial charge < -0.3 is 10.6 Å². The second-order valence-electron chi connectivity index (χ2n) is 5.50. The molecule has 5 heteroatoms. The topological polar surface area (TPSA) is 41.1 Å². The van der Waals surface area contributed by atoms with Crippen LogP contribution in [0.25, 0.3) is 0 Å². The van der Waals surface area contributed by atoms with Crippen molar-refractivity contribution in [2.45, 2.75) is 24.7 Å². The zero-order valence-electron chi connectivity index (χ0n) is 12.1. The number of benzene rings is 1. The molecular formula is C15H23ClN2OS. The highest BCUT2D eigenvalue weighted by atomic mass is 35.5. The summed E-state index contributed by atoms with van der Waals surface area (Å²) in [4.78, 5) is 13.3. The number of thioether (sulfide) groups is 1. The molecule has 1 heterocycles. The van der Waals surface area contributed by atoms with Gasteiger partial charge >= 0.3 is 0 Å². The van der Waals surface area contributed by atoms with Gasteiger partial charge in [0.1, 0.15) is 0 Å². The Morgan fingerprint density at radius 1 is 1.40 bits per heavy atom. The molecule has 1 unspecified atom stereocenters. The van der Waals surface area contributed by atoms with E-state index >= 15 is 0 Å². The van der Waals surface area contributed by atoms with Gasteiger partial charge in [-0.25, -0.2) is 0 Å². The number of carbonyl (C=O) groups excluding carboxylic acids is 1. The highest BCUT2D eigenvalue weighted by Gasteiger charge is 2.27. The van der Waals surface area contributed by atoms with Gasteiger partial charge in [-0.15, -0.1) is 24.2 Å². The van der Waals surface area contributed by atoms with E-state index in [9.17, 15) is 4.79 Å². The van der Waals surface area contributed by atoms with Crippen LogP contribution in [0.15, 0.2) is 29.2 Å². The molecule has 0 saturated carbocycles. The second kappa shape index (κ2) is 7.91. The van der Waals surface area contributed by atoms with Crippen molar-refractivity contribution in [1.82, 2.24) is 10.6 Å². The molecule has 1 aromatic rings. The third-order valence-electron chi connectivity index (χ3n) is 3.71. The van der Waals surface area contributed by atoms with Crippen molar-refractivity contribution >= 4 is 30.1 Å². The predicted octanol–water partition coefficient (Wildman–Crippen LogP) is 2.95. The lowest BCUT2D eigenvalue weighted by Crippen LogP contribution is -2.45. The van der Waals surface area contributed by atoms with Gasteiger partial charge in [0, 0.05) is 23.5 Å². The molecule has 2 rings (SSSR count). The maximum Gasteiger partial charge on any atom is 0.251 e. The monoisotopic (exact) mass is 314 g/mol. The highest BCUT2D eigenvalue weighted by molar-refractivity contribution is 7.98. The number of amides is 1. The van der Waals surface area contributed by atoms with Crippen molar-refractivity contribution in [2.75, 3.05) is 25.9 Å². The van der Waals surface area contributed by atoms with Crippen molar-refractivity contribution in [3.8, 4) is 0 Å². The van der Waals surface area contributed by atoms with Crippen molar-refractivity contribution < 1.29 is 4.79 Å². The Balaban J connectivity index is 0.00000200. The summed E-state index contributed by atoms with van der Waals surface area (Å²) in [5.41, 5.74) is 0.929. The van der Waals surface area contributed by atoms with Crippen LogP contribution in [0.1, 0.15) is 30.1 Å². The lowest BCUT2D eigenvalue weighted by Gasteiger charge is -2.34. The summed E-state index contributed by atoms with van der Waals surface area (Å²) in [6.07, 6.45) is 4.40. The van der Waals surface area contributed by atoms with Crippen molar-refractivity contribution in [3.05, 3.63) is 29.8 Å². The first-order valence-corrected chi connectivity index (χ1v) is 7.98. The fraction of sp³-hybridized carbons (Fsp3) is 0.533. The zero-order chi connectivity index (χ0) is 13.7. The molecule has 1 aromatic carbocycles. The quantitative estimate of drug-likeness (QED) is 0.840. The average Bonchev–Trinajstić information content (AvgIpc) is 2.46. The number of nitrogens with one attached hydrogen (secondary N) is 2. The molecule has 1 saturated heterocycles. The number of carbonyl (C=O) groups is 1. The summed E-state index contributed by atoms with van der Waals surface area (Å²) in [6, 6.07) is 7.76. The van der Waals surface area contributed by atoms with Crippen molar-refractivity contribution in [1.29, 1.82) is 0 Å². The minimum atomic E-state index is 0. The van der Waals surface area contributed by atoms with E-state index in [1.807, 2.05) is 30.5 Å². The van der Waals surface area contributed by atoms with E-state index in [4.69, 9.17) is 0 Å². The lowest BCUT2D eigenvalue weighted by molar-refractivity contribution is 0.0924. The Labute approximate surface area is 131 Å². The number of hydrogen-bond donors (Lipinski definition) is 2. The molecule has 0 aliphatic carbocycles. The maximum atomic E-state index is 12.1. The van der Waals surface area contributed by atoms with Crippen LogP contribution in [0.3, 0.4) is 0 Å². The first kappa shape index (κ1) is 17.3. The molecule has 1 atom stereocenters. The maximum absolute atomic E-state index is 12.1. The Kier molecular flexibility index (Phi) is 6.86. The predicted molar refractivity (Wildman–Crippen MR) is 88.0 cm³/mol. The molecule has 0 radical (unpaired) electrons. The van der Waals surface area contributed by atoms with Gasteiger partial charge in [0.2, 0.25) is 0 Å². The summed E-state index contributed by atoms with van der Waals surface area (Å²) in [7, 11) is 0. The number of rotatable bonds is 4. The van der Waals surface area contributed by atoms with Crippen molar-refractivity contribution in [3.63, 3.8) is 0 Å². The first-order chi connectivity index (χ1) is 9.13. The molecule has 0 spiro atoms. The lowest BCUT2D eigenvalue weighted by atomic mass is 9.83. The molecule has 0 aromatic heterocycles. The third kappa shape index (κ3) is 4.69. The minimum absolute atomic E-state index is 0. The smallest absolute Gasteiger partial charge is 0.251 e. The Morgan fingerprint density at radius 3 is 2.65 bits per heavy atom. The zero-order valence-corrected chi connectivity index (χ0v) is 13.7. The fourth-order valence-electron chi connectivity index (χ4n) is 2.41. The van der Waals surface area contributed by atoms with Crippen molar-refractivity contribution in [2.24, 2.45) is 5.41 Å². The van der Waals surface area contributed by atoms with Gasteiger partial charge in [0.05, 0.1) is 0 Å². The fourth-order valence-corrected chi connectivity index (χ4v) is 2.82. The molecular weight excluding hydrogens is 292 g/mol. The molecule has 112 valence electrons. The Bertz CT molecular complexity index is 430. The summed E-state index contributed by atoms with van der Waals surface area (Å²) in [5, 5.41) is 6.46. The van der Waals surface area contributed by atoms with Crippen LogP contribution in [0, 0.1) is 5.41 Å². The van der Waals surface area contributed by atoms with Gasteiger partial charge in [-0.3, -0.25) is 4.79 Å². The average molecular weight is 315 g/mol. The van der Waals surface area contributed by atoms with E-state index in [-0.39, 0.29) is 23.7 Å². The molecule has 1 aliphatic heterocycles. The van der Waals surface area contributed by atoms with Gasteiger partial charge in [-0.05, 0) is 55.3 Å². The summed E-state index contributed by atoms with van der Waals surface area (Å²) < 4.78 is 0. The van der Waals surface area contributed by atoms with Gasteiger partial charge in [-0.2, -0.15) is 0 Å². The first-order valence-electron chi connectivity index (χ1n) is 6.76. The molecule has 1 aliphatic rings. The number of halogens is 1. The summed E-state index contributed by atoms with van der Waals surface area (Å²) in [5.74, 6) is 0.0273. The van der Waals surface area contributed by atoms with Crippen LogP contribution in [0.2, 0.25) is 0 Å². The Morgan fingerprint density at radius 2 is 2.10 bits per heavy atom. The molecule has 1 amide bonds. The molecule has 3 nitrogen and oxygen atoms in total. The summed E-state index contributed by atoms with van der Waals surface area (Å²) in [6.45, 7) is 5.05. The van der Waals surface area contributed by atoms with Crippen LogP contribution in [0.4, 0.5) is 0 Å². The molecule has 1 fully saturated rings. The largest absolute Gasteiger partial charge is 0.351 e. The SMILES string of the molecule is CSc1ccc(C(=O)NCC2(C)CCCNC2)cc1.Cl. The van der Waals surface area contributed by atoms with Crippen LogP contribution >= 0.6 is 24.2 Å². The number of piperidine rings is 1. The molecule has 0 bridgehead atoms. The van der Waals surface area contributed by atoms with E-state index in [2.05, 4.69) is 17.6 Å². The van der Waals surface area contributed by atoms with E-state index in [0.29, 0.717) is 0 Å². The van der Waals surface area contributed by atoms with E-state index in [0.717, 1.165) is 25.2 Å². The van der Waals surface area contributed by atoms with E-state index < -0.39 is 0 Å². The van der Waals surface area contributed by atoms with Gasteiger partial charge in [0.15, 0.2) is 0 Å². The van der Waals surface area contributed by atoms with E-state index in [1.54, 1.807) is 11.8 Å². The van der Waals surface area contributed by atoms with Crippen LogP contribution in [-0.2, 0) is 0 Å². The second-order valence-corrected chi connectivity index (χ2v) is 6.38. The van der Waals surface area contributed by atoms with E-state index in [1.165, 1.54) is 17.7 Å². The van der Waals surface area contributed by atoms with Gasteiger partial charge in [0.25, 0.3) is 5.91 Å². The molecule has 2 N–H and O–H groups in total. The minimum Gasteiger partial charge on any atom is -0.351 e. The number of hydrogen-bond acceptors (Lipinski definition) is 3. The normalized spacial score (nSPS) is 21.9. The third-order valence-corrected chi connectivity index (χ3v) is 4.46.